The number of nitrogens with zero attached hydrogens (tertiary/aromatic N) is 1. The molecule has 1 fully saturated rings. The van der Waals surface area contributed by atoms with Gasteiger partial charge in [-0.2, -0.15) is 0 Å². The third kappa shape index (κ3) is 1.16. The molecule has 1 saturated heterocycles. The molecule has 1 aromatic carbocycles. The number of para-hydroxylation sites is 2. The van der Waals surface area contributed by atoms with Crippen LogP contribution in [0.2, 0.25) is 0 Å². The van der Waals surface area contributed by atoms with Crippen molar-refractivity contribution in [3.63, 3.8) is 0 Å². The summed E-state index contributed by atoms with van der Waals surface area (Å²) in [5.74, 6) is 1.00. The molecule has 2 aliphatic heterocycles. The highest BCUT2D eigenvalue weighted by Crippen LogP contribution is 2.34. The minimum absolute atomic E-state index is 0.457. The molecule has 14 heavy (non-hydrogen) atoms. The molecule has 1 radical (unpaired) electrons. The second-order valence-corrected chi connectivity index (χ2v) is 3.68. The third-order valence-electron chi connectivity index (χ3n) is 2.78. The maximum Gasteiger partial charge on any atom is 0.142 e. The smallest absolute Gasteiger partial charge is 0.142 e. The van der Waals surface area contributed by atoms with Gasteiger partial charge in [-0.1, -0.05) is 12.1 Å². The topological polar surface area (TPSA) is 24.5 Å². The van der Waals surface area contributed by atoms with E-state index >= 15 is 0 Å². The molecule has 0 aliphatic carbocycles. The molecular formula is C11H13N2O. The lowest BCUT2D eigenvalue weighted by atomic mass is 10.1. The van der Waals surface area contributed by atoms with Gasteiger partial charge >= 0.3 is 0 Å². The molecule has 0 aromatic heterocycles. The van der Waals surface area contributed by atoms with Gasteiger partial charge in [-0.05, 0) is 12.1 Å². The molecule has 0 spiro atoms. The van der Waals surface area contributed by atoms with Crippen LogP contribution in [0.25, 0.3) is 0 Å². The first-order valence-corrected chi connectivity index (χ1v) is 4.99. The molecule has 0 saturated carbocycles. The van der Waals surface area contributed by atoms with E-state index in [1.807, 2.05) is 12.1 Å². The summed E-state index contributed by atoms with van der Waals surface area (Å²) < 4.78 is 5.69. The zero-order chi connectivity index (χ0) is 9.38. The van der Waals surface area contributed by atoms with Crippen LogP contribution in [0.4, 0.5) is 5.69 Å². The summed E-state index contributed by atoms with van der Waals surface area (Å²) >= 11 is 0. The number of benzene rings is 1. The summed E-state index contributed by atoms with van der Waals surface area (Å²) in [4.78, 5) is 2.33. The Morgan fingerprint density at radius 1 is 1.36 bits per heavy atom. The predicted molar refractivity (Wildman–Crippen MR) is 55.4 cm³/mol. The Morgan fingerprint density at radius 3 is 3.29 bits per heavy atom. The lowest BCUT2D eigenvalue weighted by molar-refractivity contribution is 0.255. The van der Waals surface area contributed by atoms with Crippen molar-refractivity contribution in [3.05, 3.63) is 30.8 Å². The molecule has 1 aromatic rings. The average Bonchev–Trinajstić information content (AvgIpc) is 2.29. The number of ether oxygens (including phenoxy) is 1. The molecule has 1 unspecified atom stereocenters. The summed E-state index contributed by atoms with van der Waals surface area (Å²) in [6.07, 6.45) is 0. The summed E-state index contributed by atoms with van der Waals surface area (Å²) in [6, 6.07) is 8.67. The number of anilines is 1. The Hall–Kier alpha value is -1.22. The Balaban J connectivity index is 1.99. The normalized spacial score (nSPS) is 24.9. The van der Waals surface area contributed by atoms with Crippen molar-refractivity contribution in [2.75, 3.05) is 24.6 Å². The quantitative estimate of drug-likeness (QED) is 0.659. The second kappa shape index (κ2) is 3.17. The highest BCUT2D eigenvalue weighted by atomic mass is 16.5. The summed E-state index contributed by atoms with van der Waals surface area (Å²) in [5, 5.41) is 3.34. The molecule has 0 bridgehead atoms. The van der Waals surface area contributed by atoms with Gasteiger partial charge in [-0.25, -0.2) is 0 Å². The Morgan fingerprint density at radius 2 is 2.29 bits per heavy atom. The van der Waals surface area contributed by atoms with E-state index < -0.39 is 0 Å². The summed E-state index contributed by atoms with van der Waals surface area (Å²) in [7, 11) is 0. The Bertz CT molecular complexity index is 340. The number of fused-ring (bicyclic) bond motifs is 3. The first-order chi connectivity index (χ1) is 6.95. The van der Waals surface area contributed by atoms with E-state index in [0.29, 0.717) is 6.04 Å². The lowest BCUT2D eigenvalue weighted by Gasteiger charge is -2.41. The van der Waals surface area contributed by atoms with Crippen molar-refractivity contribution in [2.24, 2.45) is 0 Å². The minimum atomic E-state index is 0.457. The van der Waals surface area contributed by atoms with Crippen LogP contribution in [0, 0.1) is 6.54 Å². The zero-order valence-electron chi connectivity index (χ0n) is 7.94. The Kier molecular flexibility index (Phi) is 1.84. The number of piperazine rings is 1. The van der Waals surface area contributed by atoms with E-state index in [2.05, 4.69) is 28.9 Å². The molecule has 73 valence electrons. The van der Waals surface area contributed by atoms with E-state index in [9.17, 15) is 0 Å². The predicted octanol–water partition coefficient (Wildman–Crippen LogP) is 1.02. The van der Waals surface area contributed by atoms with E-state index in [-0.39, 0.29) is 0 Å². The van der Waals surface area contributed by atoms with E-state index in [0.717, 1.165) is 25.4 Å². The number of hydrogen-bond donors (Lipinski definition) is 1. The van der Waals surface area contributed by atoms with Gasteiger partial charge in [0.15, 0.2) is 0 Å². The molecule has 1 atom stereocenters. The van der Waals surface area contributed by atoms with Crippen LogP contribution >= 0.6 is 0 Å². The van der Waals surface area contributed by atoms with Crippen LogP contribution in [-0.2, 0) is 0 Å². The van der Waals surface area contributed by atoms with Gasteiger partial charge in [-0.3, -0.25) is 0 Å². The lowest BCUT2D eigenvalue weighted by Crippen LogP contribution is -2.53. The highest BCUT2D eigenvalue weighted by Gasteiger charge is 2.29. The van der Waals surface area contributed by atoms with Crippen molar-refractivity contribution >= 4 is 5.69 Å². The van der Waals surface area contributed by atoms with Crippen LogP contribution in [0.1, 0.15) is 0 Å². The van der Waals surface area contributed by atoms with E-state index in [1.165, 1.54) is 5.69 Å². The van der Waals surface area contributed by atoms with Crippen molar-refractivity contribution < 1.29 is 4.74 Å². The minimum Gasteiger partial charge on any atom is -0.489 e. The molecule has 3 nitrogen and oxygen atoms in total. The fraction of sp³-hybridized carbons (Fsp3) is 0.364. The van der Waals surface area contributed by atoms with Crippen LogP contribution in [0.15, 0.2) is 24.3 Å². The average molecular weight is 189 g/mol. The molecular weight excluding hydrogens is 176 g/mol. The molecule has 3 heteroatoms. The summed E-state index contributed by atoms with van der Waals surface area (Å²) in [6.45, 7) is 4.94. The van der Waals surface area contributed by atoms with Crippen LogP contribution < -0.4 is 15.0 Å². The maximum atomic E-state index is 5.69. The Labute approximate surface area is 83.7 Å². The standard InChI is InChI=1S/C11H13N2O/c1-2-4-11-10(3-1)13-6-5-12-7-9(13)8-14-11/h1-4,6,9,12H,5,7-8H2. The SMILES string of the molecule is [CH]1CNCC2COc3ccccc3N12. The first kappa shape index (κ1) is 8.12. The number of hydrogen-bond acceptors (Lipinski definition) is 3. The van der Waals surface area contributed by atoms with Crippen LogP contribution in [0.5, 0.6) is 5.75 Å². The van der Waals surface area contributed by atoms with Crippen LogP contribution in [0.3, 0.4) is 0 Å². The summed E-state index contributed by atoms with van der Waals surface area (Å²) in [5.41, 5.74) is 1.20. The molecule has 3 rings (SSSR count). The van der Waals surface area contributed by atoms with Gasteiger partial charge in [0, 0.05) is 13.1 Å². The second-order valence-electron chi connectivity index (χ2n) is 3.68. The fourth-order valence-corrected chi connectivity index (χ4v) is 2.07. The zero-order valence-corrected chi connectivity index (χ0v) is 7.94. The first-order valence-electron chi connectivity index (χ1n) is 4.99. The van der Waals surface area contributed by atoms with Crippen molar-refractivity contribution in [1.29, 1.82) is 0 Å². The van der Waals surface area contributed by atoms with Gasteiger partial charge in [0.2, 0.25) is 0 Å². The molecule has 1 N–H and O–H groups in total. The number of nitrogens with one attached hydrogen (secondary N) is 1. The van der Waals surface area contributed by atoms with E-state index in [4.69, 9.17) is 4.74 Å². The monoisotopic (exact) mass is 189 g/mol. The van der Waals surface area contributed by atoms with Gasteiger partial charge in [0.1, 0.15) is 12.4 Å². The largest absolute Gasteiger partial charge is 0.489 e. The molecule has 2 aliphatic rings. The van der Waals surface area contributed by atoms with Crippen molar-refractivity contribution in [1.82, 2.24) is 5.32 Å². The van der Waals surface area contributed by atoms with Gasteiger partial charge in [0.05, 0.1) is 18.3 Å². The van der Waals surface area contributed by atoms with E-state index in [1.54, 1.807) is 0 Å². The molecule has 0 amide bonds. The van der Waals surface area contributed by atoms with Crippen molar-refractivity contribution in [3.8, 4) is 5.75 Å². The fourth-order valence-electron chi connectivity index (χ4n) is 2.07. The maximum absolute atomic E-state index is 5.69. The van der Waals surface area contributed by atoms with Gasteiger partial charge < -0.3 is 15.0 Å². The number of rotatable bonds is 0. The van der Waals surface area contributed by atoms with Gasteiger partial charge in [0.25, 0.3) is 0 Å². The van der Waals surface area contributed by atoms with Gasteiger partial charge in [-0.15, -0.1) is 0 Å². The highest BCUT2D eigenvalue weighted by molar-refractivity contribution is 5.62. The van der Waals surface area contributed by atoms with Crippen LogP contribution in [-0.4, -0.2) is 25.7 Å². The molecule has 2 heterocycles. The van der Waals surface area contributed by atoms with Crippen molar-refractivity contribution in [2.45, 2.75) is 6.04 Å². The third-order valence-corrected chi connectivity index (χ3v) is 2.78.